The molecule has 92 valence electrons. The average Bonchev–Trinajstić information content (AvgIpc) is 2.97. The number of benzene rings is 1. The molecule has 2 aromatic heterocycles. The van der Waals surface area contributed by atoms with Gasteiger partial charge < -0.3 is 10.2 Å². The Bertz CT molecular complexity index is 673. The van der Waals surface area contributed by atoms with Crippen molar-refractivity contribution < 1.29 is 4.42 Å². The van der Waals surface area contributed by atoms with Crippen LogP contribution >= 0.6 is 22.9 Å². The summed E-state index contributed by atoms with van der Waals surface area (Å²) in [5, 5.41) is 3.83. The zero-order valence-corrected chi connectivity index (χ0v) is 11.2. The Morgan fingerprint density at radius 1 is 1.28 bits per heavy atom. The summed E-state index contributed by atoms with van der Waals surface area (Å²) in [6.45, 7) is 0. The first-order chi connectivity index (χ1) is 8.75. The van der Waals surface area contributed by atoms with Crippen LogP contribution in [0.4, 0.5) is 0 Å². The maximum atomic E-state index is 6.18. The molecule has 3 aromatic rings. The van der Waals surface area contributed by atoms with Crippen molar-refractivity contribution in [3.8, 4) is 0 Å². The van der Waals surface area contributed by atoms with Crippen molar-refractivity contribution in [3.05, 3.63) is 58.3 Å². The monoisotopic (exact) mass is 277 g/mol. The Kier molecular flexibility index (Phi) is 3.12. The van der Waals surface area contributed by atoms with Crippen LogP contribution in [-0.2, 0) is 6.42 Å². The van der Waals surface area contributed by atoms with E-state index in [0.29, 0.717) is 5.22 Å². The molecule has 0 aliphatic carbocycles. The third-order valence-corrected chi connectivity index (χ3v) is 4.37. The number of furan rings is 1. The van der Waals surface area contributed by atoms with Gasteiger partial charge in [0.05, 0.1) is 6.26 Å². The summed E-state index contributed by atoms with van der Waals surface area (Å²) >= 11 is 7.69. The molecule has 0 aliphatic rings. The van der Waals surface area contributed by atoms with Gasteiger partial charge in [0.15, 0.2) is 5.22 Å². The van der Waals surface area contributed by atoms with Gasteiger partial charge in [-0.05, 0) is 46.5 Å². The Morgan fingerprint density at radius 2 is 2.11 bits per heavy atom. The van der Waals surface area contributed by atoms with Gasteiger partial charge in [-0.15, -0.1) is 11.3 Å². The lowest BCUT2D eigenvalue weighted by molar-refractivity contribution is 0.560. The molecule has 18 heavy (non-hydrogen) atoms. The van der Waals surface area contributed by atoms with Gasteiger partial charge in [0.2, 0.25) is 0 Å². The van der Waals surface area contributed by atoms with Crippen LogP contribution in [0.1, 0.15) is 17.2 Å². The summed E-state index contributed by atoms with van der Waals surface area (Å²) in [7, 11) is 0. The Labute approximate surface area is 114 Å². The van der Waals surface area contributed by atoms with Gasteiger partial charge in [-0.25, -0.2) is 0 Å². The third kappa shape index (κ3) is 2.05. The lowest BCUT2D eigenvalue weighted by Crippen LogP contribution is -2.12. The summed E-state index contributed by atoms with van der Waals surface area (Å²) in [4.78, 5) is 0. The van der Waals surface area contributed by atoms with Crippen molar-refractivity contribution in [3.63, 3.8) is 0 Å². The molecular weight excluding hydrogens is 266 g/mol. The first kappa shape index (κ1) is 11.8. The van der Waals surface area contributed by atoms with Crippen LogP contribution in [0.5, 0.6) is 0 Å². The minimum atomic E-state index is -0.130. The van der Waals surface area contributed by atoms with Gasteiger partial charge in [0, 0.05) is 16.3 Å². The zero-order chi connectivity index (χ0) is 12.5. The fraction of sp³-hybridized carbons (Fsp3) is 0.143. The predicted octanol–water partition coefficient (Wildman–Crippen LogP) is 4.39. The van der Waals surface area contributed by atoms with Gasteiger partial charge >= 0.3 is 0 Å². The molecule has 0 spiro atoms. The Balaban J connectivity index is 1.91. The molecule has 0 fully saturated rings. The molecule has 2 heterocycles. The van der Waals surface area contributed by atoms with Gasteiger partial charge in [-0.3, -0.25) is 0 Å². The average molecular weight is 278 g/mol. The molecule has 0 radical (unpaired) electrons. The highest BCUT2D eigenvalue weighted by Gasteiger charge is 2.15. The highest BCUT2D eigenvalue weighted by atomic mass is 35.5. The molecule has 2 nitrogen and oxygen atoms in total. The molecular formula is C14H12ClNOS. The first-order valence-corrected chi connectivity index (χ1v) is 6.95. The predicted molar refractivity (Wildman–Crippen MR) is 76.2 cm³/mol. The highest BCUT2D eigenvalue weighted by molar-refractivity contribution is 7.17. The van der Waals surface area contributed by atoms with Crippen LogP contribution in [0.2, 0.25) is 5.22 Å². The fourth-order valence-electron chi connectivity index (χ4n) is 2.11. The van der Waals surface area contributed by atoms with Crippen LogP contribution in [0.3, 0.4) is 0 Å². The Hall–Kier alpha value is -1.29. The van der Waals surface area contributed by atoms with Crippen molar-refractivity contribution >= 4 is 33.0 Å². The molecule has 1 aromatic carbocycles. The summed E-state index contributed by atoms with van der Waals surface area (Å²) < 4.78 is 6.37. The molecule has 0 saturated heterocycles. The maximum absolute atomic E-state index is 6.18. The normalized spacial score (nSPS) is 13.0. The molecule has 0 saturated carbocycles. The van der Waals surface area contributed by atoms with E-state index in [1.165, 1.54) is 15.6 Å². The van der Waals surface area contributed by atoms with Gasteiger partial charge in [0.1, 0.15) is 0 Å². The Morgan fingerprint density at radius 3 is 2.89 bits per heavy atom. The molecule has 0 bridgehead atoms. The molecule has 1 unspecified atom stereocenters. The van der Waals surface area contributed by atoms with E-state index in [1.54, 1.807) is 17.6 Å². The second kappa shape index (κ2) is 4.76. The van der Waals surface area contributed by atoms with Crippen molar-refractivity contribution in [1.82, 2.24) is 0 Å². The molecule has 4 heteroatoms. The van der Waals surface area contributed by atoms with Crippen LogP contribution in [-0.4, -0.2) is 0 Å². The van der Waals surface area contributed by atoms with Crippen molar-refractivity contribution in [2.45, 2.75) is 12.5 Å². The van der Waals surface area contributed by atoms with Gasteiger partial charge in [-0.1, -0.05) is 18.2 Å². The van der Waals surface area contributed by atoms with Crippen LogP contribution in [0.25, 0.3) is 10.1 Å². The standard InChI is InChI=1S/C14H12ClNOS/c15-14-11(5-6-17-14)12(16)7-9-8-18-13-4-2-1-3-10(9)13/h1-6,8,12H,7,16H2. The van der Waals surface area contributed by atoms with E-state index in [1.807, 2.05) is 6.07 Å². The van der Waals surface area contributed by atoms with E-state index >= 15 is 0 Å². The first-order valence-electron chi connectivity index (χ1n) is 5.69. The largest absolute Gasteiger partial charge is 0.453 e. The number of rotatable bonds is 3. The molecule has 2 N–H and O–H groups in total. The summed E-state index contributed by atoms with van der Waals surface area (Å²) in [5.41, 5.74) is 8.31. The fourth-order valence-corrected chi connectivity index (χ4v) is 3.34. The van der Waals surface area contributed by atoms with E-state index < -0.39 is 0 Å². The second-order valence-electron chi connectivity index (χ2n) is 4.22. The minimum absolute atomic E-state index is 0.130. The quantitative estimate of drug-likeness (QED) is 0.771. The zero-order valence-electron chi connectivity index (χ0n) is 9.60. The van der Waals surface area contributed by atoms with E-state index in [4.69, 9.17) is 21.8 Å². The smallest absolute Gasteiger partial charge is 0.197 e. The van der Waals surface area contributed by atoms with Crippen molar-refractivity contribution in [2.75, 3.05) is 0 Å². The maximum Gasteiger partial charge on any atom is 0.197 e. The number of fused-ring (bicyclic) bond motifs is 1. The van der Waals surface area contributed by atoms with Crippen molar-refractivity contribution in [1.29, 1.82) is 0 Å². The highest BCUT2D eigenvalue weighted by Crippen LogP contribution is 2.30. The SMILES string of the molecule is NC(Cc1csc2ccccc12)c1ccoc1Cl. The van der Waals surface area contributed by atoms with Crippen LogP contribution in [0.15, 0.2) is 46.4 Å². The van der Waals surface area contributed by atoms with E-state index in [2.05, 4.69) is 29.6 Å². The topological polar surface area (TPSA) is 39.2 Å². The number of hydrogen-bond acceptors (Lipinski definition) is 3. The summed E-state index contributed by atoms with van der Waals surface area (Å²) in [6, 6.07) is 10.1. The van der Waals surface area contributed by atoms with E-state index in [9.17, 15) is 0 Å². The number of halogens is 1. The second-order valence-corrected chi connectivity index (χ2v) is 5.47. The molecule has 0 amide bonds. The third-order valence-electron chi connectivity index (χ3n) is 3.05. The van der Waals surface area contributed by atoms with Crippen molar-refractivity contribution in [2.24, 2.45) is 5.73 Å². The van der Waals surface area contributed by atoms with Gasteiger partial charge in [0.25, 0.3) is 0 Å². The minimum Gasteiger partial charge on any atom is -0.453 e. The summed E-state index contributed by atoms with van der Waals surface area (Å²) in [6.07, 6.45) is 2.34. The number of thiophene rings is 1. The summed E-state index contributed by atoms with van der Waals surface area (Å²) in [5.74, 6) is 0. The van der Waals surface area contributed by atoms with E-state index in [0.717, 1.165) is 12.0 Å². The lowest BCUT2D eigenvalue weighted by atomic mass is 10.0. The number of hydrogen-bond donors (Lipinski definition) is 1. The van der Waals surface area contributed by atoms with Crippen LogP contribution < -0.4 is 5.73 Å². The number of nitrogens with two attached hydrogens (primary N) is 1. The van der Waals surface area contributed by atoms with Crippen LogP contribution in [0, 0.1) is 0 Å². The van der Waals surface area contributed by atoms with E-state index in [-0.39, 0.29) is 6.04 Å². The molecule has 3 rings (SSSR count). The van der Waals surface area contributed by atoms with Gasteiger partial charge in [-0.2, -0.15) is 0 Å². The lowest BCUT2D eigenvalue weighted by Gasteiger charge is -2.09. The molecule has 1 atom stereocenters. The molecule has 0 aliphatic heterocycles.